The SMILES string of the molecule is CCC(=O)NCCN1CC(C)CC(C)C1. The maximum absolute atomic E-state index is 11.1. The fourth-order valence-electron chi connectivity index (χ4n) is 2.45. The highest BCUT2D eigenvalue weighted by atomic mass is 16.1. The van der Waals surface area contributed by atoms with E-state index in [-0.39, 0.29) is 5.91 Å². The first-order chi connectivity index (χ1) is 7.11. The van der Waals surface area contributed by atoms with Crippen molar-refractivity contribution in [3.8, 4) is 0 Å². The normalized spacial score (nSPS) is 27.7. The molecule has 0 saturated carbocycles. The van der Waals surface area contributed by atoms with Crippen molar-refractivity contribution in [3.63, 3.8) is 0 Å². The van der Waals surface area contributed by atoms with Crippen molar-refractivity contribution < 1.29 is 4.79 Å². The molecule has 15 heavy (non-hydrogen) atoms. The van der Waals surface area contributed by atoms with Crippen LogP contribution in [-0.2, 0) is 4.79 Å². The molecule has 1 amide bonds. The van der Waals surface area contributed by atoms with Crippen LogP contribution in [0.1, 0.15) is 33.6 Å². The molecule has 1 aliphatic heterocycles. The van der Waals surface area contributed by atoms with Crippen LogP contribution < -0.4 is 5.32 Å². The summed E-state index contributed by atoms with van der Waals surface area (Å²) >= 11 is 0. The van der Waals surface area contributed by atoms with Crippen LogP contribution in [-0.4, -0.2) is 37.0 Å². The predicted molar refractivity (Wildman–Crippen MR) is 62.7 cm³/mol. The zero-order valence-electron chi connectivity index (χ0n) is 10.3. The summed E-state index contributed by atoms with van der Waals surface area (Å²) in [6, 6.07) is 0. The average Bonchev–Trinajstić information content (AvgIpc) is 2.16. The summed E-state index contributed by atoms with van der Waals surface area (Å²) in [5, 5.41) is 2.93. The third-order valence-electron chi connectivity index (χ3n) is 3.02. The molecule has 3 nitrogen and oxygen atoms in total. The van der Waals surface area contributed by atoms with E-state index in [1.54, 1.807) is 0 Å². The molecule has 0 bridgehead atoms. The molecule has 0 aromatic heterocycles. The molecule has 1 N–H and O–H groups in total. The van der Waals surface area contributed by atoms with Gasteiger partial charge in [0.15, 0.2) is 0 Å². The number of carbonyl (C=O) groups excluding carboxylic acids is 1. The van der Waals surface area contributed by atoms with Crippen LogP contribution in [0, 0.1) is 11.8 Å². The third-order valence-corrected chi connectivity index (χ3v) is 3.02. The molecule has 2 atom stereocenters. The van der Waals surface area contributed by atoms with Gasteiger partial charge in [-0.1, -0.05) is 20.8 Å². The minimum atomic E-state index is 0.160. The first-order valence-electron chi connectivity index (χ1n) is 6.10. The van der Waals surface area contributed by atoms with Gasteiger partial charge in [0.05, 0.1) is 0 Å². The predicted octanol–water partition coefficient (Wildman–Crippen LogP) is 1.49. The quantitative estimate of drug-likeness (QED) is 0.766. The number of likely N-dealkylation sites (tertiary alicyclic amines) is 1. The molecule has 0 aromatic carbocycles. The Morgan fingerprint density at radius 2 is 1.93 bits per heavy atom. The second-order valence-corrected chi connectivity index (χ2v) is 4.91. The monoisotopic (exact) mass is 212 g/mol. The van der Waals surface area contributed by atoms with E-state index in [0.29, 0.717) is 6.42 Å². The Hall–Kier alpha value is -0.570. The molecule has 1 saturated heterocycles. The number of hydrogen-bond acceptors (Lipinski definition) is 2. The van der Waals surface area contributed by atoms with Crippen molar-refractivity contribution in [2.75, 3.05) is 26.2 Å². The Kier molecular flexibility index (Phi) is 5.09. The minimum Gasteiger partial charge on any atom is -0.355 e. The van der Waals surface area contributed by atoms with E-state index in [2.05, 4.69) is 24.1 Å². The van der Waals surface area contributed by atoms with Gasteiger partial charge in [0.1, 0.15) is 0 Å². The number of rotatable bonds is 4. The molecule has 2 unspecified atom stereocenters. The van der Waals surface area contributed by atoms with Crippen LogP contribution in [0.2, 0.25) is 0 Å². The van der Waals surface area contributed by atoms with Gasteiger partial charge in [-0.05, 0) is 18.3 Å². The summed E-state index contributed by atoms with van der Waals surface area (Å²) < 4.78 is 0. The molecule has 88 valence electrons. The number of piperidine rings is 1. The van der Waals surface area contributed by atoms with E-state index < -0.39 is 0 Å². The summed E-state index contributed by atoms with van der Waals surface area (Å²) in [6.45, 7) is 10.7. The van der Waals surface area contributed by atoms with E-state index in [1.165, 1.54) is 19.5 Å². The van der Waals surface area contributed by atoms with E-state index in [4.69, 9.17) is 0 Å². The zero-order valence-corrected chi connectivity index (χ0v) is 10.3. The second kappa shape index (κ2) is 6.11. The first-order valence-corrected chi connectivity index (χ1v) is 6.10. The number of hydrogen-bond donors (Lipinski definition) is 1. The molecule has 3 heteroatoms. The van der Waals surface area contributed by atoms with Crippen molar-refractivity contribution >= 4 is 5.91 Å². The summed E-state index contributed by atoms with van der Waals surface area (Å²) in [5.41, 5.74) is 0. The van der Waals surface area contributed by atoms with E-state index >= 15 is 0 Å². The first kappa shape index (κ1) is 12.5. The van der Waals surface area contributed by atoms with Crippen LogP contribution in [0.25, 0.3) is 0 Å². The molecular weight excluding hydrogens is 188 g/mol. The van der Waals surface area contributed by atoms with E-state index in [9.17, 15) is 4.79 Å². The van der Waals surface area contributed by atoms with Crippen LogP contribution >= 0.6 is 0 Å². The van der Waals surface area contributed by atoms with Crippen molar-refractivity contribution in [2.45, 2.75) is 33.6 Å². The van der Waals surface area contributed by atoms with E-state index in [1.807, 2.05) is 6.92 Å². The lowest BCUT2D eigenvalue weighted by molar-refractivity contribution is -0.120. The fourth-order valence-corrected chi connectivity index (χ4v) is 2.45. The van der Waals surface area contributed by atoms with Gasteiger partial charge in [-0.3, -0.25) is 4.79 Å². The summed E-state index contributed by atoms with van der Waals surface area (Å²) in [6.07, 6.45) is 1.94. The maximum atomic E-state index is 11.1. The lowest BCUT2D eigenvalue weighted by Crippen LogP contribution is -2.42. The van der Waals surface area contributed by atoms with Gasteiger partial charge in [-0.2, -0.15) is 0 Å². The Balaban J connectivity index is 2.17. The van der Waals surface area contributed by atoms with Crippen molar-refractivity contribution in [1.29, 1.82) is 0 Å². The topological polar surface area (TPSA) is 32.3 Å². The van der Waals surface area contributed by atoms with Crippen LogP contribution in [0.3, 0.4) is 0 Å². The lowest BCUT2D eigenvalue weighted by atomic mass is 9.92. The van der Waals surface area contributed by atoms with Gasteiger partial charge in [-0.15, -0.1) is 0 Å². The van der Waals surface area contributed by atoms with E-state index in [0.717, 1.165) is 24.9 Å². The minimum absolute atomic E-state index is 0.160. The van der Waals surface area contributed by atoms with Crippen molar-refractivity contribution in [3.05, 3.63) is 0 Å². The molecule has 0 spiro atoms. The number of nitrogens with one attached hydrogen (secondary N) is 1. The Bertz CT molecular complexity index is 196. The molecule has 1 fully saturated rings. The van der Waals surface area contributed by atoms with Gasteiger partial charge in [-0.25, -0.2) is 0 Å². The molecule has 1 aliphatic rings. The molecule has 0 radical (unpaired) electrons. The summed E-state index contributed by atoms with van der Waals surface area (Å²) in [7, 11) is 0. The summed E-state index contributed by atoms with van der Waals surface area (Å²) in [4.78, 5) is 13.5. The van der Waals surface area contributed by atoms with Crippen molar-refractivity contribution in [2.24, 2.45) is 11.8 Å². The van der Waals surface area contributed by atoms with Gasteiger partial charge in [0.25, 0.3) is 0 Å². The van der Waals surface area contributed by atoms with Gasteiger partial charge in [0, 0.05) is 32.6 Å². The van der Waals surface area contributed by atoms with Crippen LogP contribution in [0.15, 0.2) is 0 Å². The Morgan fingerprint density at radius 1 is 1.33 bits per heavy atom. The fraction of sp³-hybridized carbons (Fsp3) is 0.917. The van der Waals surface area contributed by atoms with Gasteiger partial charge in [0.2, 0.25) is 5.91 Å². The number of amides is 1. The van der Waals surface area contributed by atoms with Gasteiger partial charge < -0.3 is 10.2 Å². The second-order valence-electron chi connectivity index (χ2n) is 4.91. The highest BCUT2D eigenvalue weighted by Gasteiger charge is 2.20. The molecule has 1 heterocycles. The number of nitrogens with zero attached hydrogens (tertiary/aromatic N) is 1. The molecular formula is C12H24N2O. The molecule has 0 aromatic rings. The smallest absolute Gasteiger partial charge is 0.219 e. The van der Waals surface area contributed by atoms with Gasteiger partial charge >= 0.3 is 0 Å². The Morgan fingerprint density at radius 3 is 2.47 bits per heavy atom. The average molecular weight is 212 g/mol. The van der Waals surface area contributed by atoms with Crippen LogP contribution in [0.5, 0.6) is 0 Å². The highest BCUT2D eigenvalue weighted by Crippen LogP contribution is 2.20. The standard InChI is InChI=1S/C12H24N2O/c1-4-12(15)13-5-6-14-8-10(2)7-11(3)9-14/h10-11H,4-9H2,1-3H3,(H,13,15). The lowest BCUT2D eigenvalue weighted by Gasteiger charge is -2.34. The molecule has 0 aliphatic carbocycles. The Labute approximate surface area is 93.2 Å². The molecule has 1 rings (SSSR count). The van der Waals surface area contributed by atoms with Crippen LogP contribution in [0.4, 0.5) is 0 Å². The zero-order chi connectivity index (χ0) is 11.3. The number of carbonyl (C=O) groups is 1. The maximum Gasteiger partial charge on any atom is 0.219 e. The summed E-state index contributed by atoms with van der Waals surface area (Å²) in [5.74, 6) is 1.76. The third kappa shape index (κ3) is 4.65. The largest absolute Gasteiger partial charge is 0.355 e. The van der Waals surface area contributed by atoms with Crippen molar-refractivity contribution in [1.82, 2.24) is 10.2 Å². The highest BCUT2D eigenvalue weighted by molar-refractivity contribution is 5.75.